The second-order valence-electron chi connectivity index (χ2n) is 3.07. The van der Waals surface area contributed by atoms with Crippen molar-refractivity contribution in [3.05, 3.63) is 36.7 Å². The molecule has 0 spiro atoms. The van der Waals surface area contributed by atoms with E-state index in [0.717, 1.165) is 11.2 Å². The molecule has 1 N–H and O–H groups in total. The first-order valence-electron chi connectivity index (χ1n) is 4.27. The molecular weight excluding hydrogens is 178 g/mol. The standard InChI is InChI=1S/C10H7N3O/c14-9-3-1-2-8-7(9)6-11-10-4-5-12-13(8)10/h1-6,14H. The van der Waals surface area contributed by atoms with Crippen molar-refractivity contribution in [3.8, 4) is 5.75 Å². The zero-order valence-corrected chi connectivity index (χ0v) is 7.25. The van der Waals surface area contributed by atoms with Gasteiger partial charge in [-0.3, -0.25) is 0 Å². The van der Waals surface area contributed by atoms with Gasteiger partial charge in [-0.2, -0.15) is 5.10 Å². The first kappa shape index (κ1) is 7.32. The van der Waals surface area contributed by atoms with Crippen LogP contribution in [-0.2, 0) is 0 Å². The molecule has 0 bridgehead atoms. The molecule has 0 aliphatic carbocycles. The number of hydrogen-bond donors (Lipinski definition) is 1. The molecule has 2 aromatic heterocycles. The number of aromatic nitrogens is 3. The van der Waals surface area contributed by atoms with Crippen LogP contribution in [0.1, 0.15) is 0 Å². The van der Waals surface area contributed by atoms with Gasteiger partial charge in [0.2, 0.25) is 0 Å². The predicted molar refractivity (Wildman–Crippen MR) is 52.2 cm³/mol. The van der Waals surface area contributed by atoms with Gasteiger partial charge in [0.25, 0.3) is 0 Å². The molecule has 68 valence electrons. The molecule has 0 saturated heterocycles. The number of rotatable bonds is 0. The van der Waals surface area contributed by atoms with Crippen LogP contribution in [0, 0.1) is 0 Å². The van der Waals surface area contributed by atoms with Gasteiger partial charge < -0.3 is 5.11 Å². The summed E-state index contributed by atoms with van der Waals surface area (Å²) in [6.07, 6.45) is 3.34. The molecule has 3 rings (SSSR count). The Morgan fingerprint density at radius 2 is 2.14 bits per heavy atom. The molecule has 0 aliphatic rings. The predicted octanol–water partition coefficient (Wildman–Crippen LogP) is 1.59. The Bertz CT molecular complexity index is 615. The van der Waals surface area contributed by atoms with Crippen molar-refractivity contribution in [2.45, 2.75) is 0 Å². The molecule has 0 saturated carbocycles. The highest BCUT2D eigenvalue weighted by Gasteiger charge is 2.03. The van der Waals surface area contributed by atoms with Gasteiger partial charge in [0, 0.05) is 12.3 Å². The lowest BCUT2D eigenvalue weighted by atomic mass is 10.2. The fraction of sp³-hybridized carbons (Fsp3) is 0. The third kappa shape index (κ3) is 0.821. The van der Waals surface area contributed by atoms with Crippen LogP contribution in [0.5, 0.6) is 5.75 Å². The molecule has 4 heteroatoms. The molecular formula is C10H7N3O. The quantitative estimate of drug-likeness (QED) is 0.578. The highest BCUT2D eigenvalue weighted by atomic mass is 16.3. The molecule has 4 nitrogen and oxygen atoms in total. The maximum absolute atomic E-state index is 9.59. The van der Waals surface area contributed by atoms with Gasteiger partial charge in [0.1, 0.15) is 5.75 Å². The topological polar surface area (TPSA) is 50.4 Å². The minimum Gasteiger partial charge on any atom is -0.507 e. The molecule has 0 radical (unpaired) electrons. The van der Waals surface area contributed by atoms with Gasteiger partial charge in [-0.15, -0.1) is 0 Å². The number of hydrogen-bond acceptors (Lipinski definition) is 3. The fourth-order valence-corrected chi connectivity index (χ4v) is 1.57. The SMILES string of the molecule is Oc1cccc2c1cnc1ccnn12. The van der Waals surface area contributed by atoms with E-state index in [1.165, 1.54) is 0 Å². The van der Waals surface area contributed by atoms with E-state index in [4.69, 9.17) is 0 Å². The highest BCUT2D eigenvalue weighted by Crippen LogP contribution is 2.23. The van der Waals surface area contributed by atoms with Crippen molar-refractivity contribution in [2.24, 2.45) is 0 Å². The van der Waals surface area contributed by atoms with Crippen molar-refractivity contribution in [3.63, 3.8) is 0 Å². The Kier molecular flexibility index (Phi) is 1.28. The van der Waals surface area contributed by atoms with Crippen LogP contribution in [0.4, 0.5) is 0 Å². The zero-order valence-electron chi connectivity index (χ0n) is 7.25. The van der Waals surface area contributed by atoms with Gasteiger partial charge >= 0.3 is 0 Å². The first-order valence-corrected chi connectivity index (χ1v) is 4.27. The van der Waals surface area contributed by atoms with Crippen LogP contribution < -0.4 is 0 Å². The molecule has 0 aliphatic heterocycles. The summed E-state index contributed by atoms with van der Waals surface area (Å²) in [5.74, 6) is 0.229. The number of aromatic hydroxyl groups is 1. The van der Waals surface area contributed by atoms with Gasteiger partial charge in [0.15, 0.2) is 5.65 Å². The van der Waals surface area contributed by atoms with E-state index in [0.29, 0.717) is 5.39 Å². The Morgan fingerprint density at radius 1 is 1.21 bits per heavy atom. The van der Waals surface area contributed by atoms with Crippen molar-refractivity contribution in [2.75, 3.05) is 0 Å². The number of phenolic OH excluding ortho intramolecular Hbond substituents is 1. The van der Waals surface area contributed by atoms with Crippen LogP contribution >= 0.6 is 0 Å². The van der Waals surface area contributed by atoms with E-state index in [-0.39, 0.29) is 5.75 Å². The summed E-state index contributed by atoms with van der Waals surface area (Å²) in [5, 5.41) is 14.4. The summed E-state index contributed by atoms with van der Waals surface area (Å²) in [4.78, 5) is 4.17. The Labute approximate surface area is 79.4 Å². The number of fused-ring (bicyclic) bond motifs is 3. The van der Waals surface area contributed by atoms with E-state index in [1.54, 1.807) is 29.0 Å². The molecule has 14 heavy (non-hydrogen) atoms. The third-order valence-corrected chi connectivity index (χ3v) is 2.24. The van der Waals surface area contributed by atoms with Crippen LogP contribution in [0.2, 0.25) is 0 Å². The van der Waals surface area contributed by atoms with Crippen LogP contribution in [0.25, 0.3) is 16.6 Å². The monoisotopic (exact) mass is 185 g/mol. The van der Waals surface area contributed by atoms with Crippen molar-refractivity contribution >= 4 is 16.6 Å². The molecule has 0 fully saturated rings. The van der Waals surface area contributed by atoms with E-state index in [1.807, 2.05) is 12.1 Å². The summed E-state index contributed by atoms with van der Waals surface area (Å²) >= 11 is 0. The molecule has 0 atom stereocenters. The normalized spacial score (nSPS) is 11.1. The Hall–Kier alpha value is -2.10. The Balaban J connectivity index is 2.64. The lowest BCUT2D eigenvalue weighted by Crippen LogP contribution is -1.91. The molecule has 1 aromatic carbocycles. The Morgan fingerprint density at radius 3 is 3.07 bits per heavy atom. The van der Waals surface area contributed by atoms with Gasteiger partial charge in [-0.25, -0.2) is 9.50 Å². The van der Waals surface area contributed by atoms with E-state index < -0.39 is 0 Å². The number of phenols is 1. The fourth-order valence-electron chi connectivity index (χ4n) is 1.57. The van der Waals surface area contributed by atoms with E-state index in [2.05, 4.69) is 10.1 Å². The van der Waals surface area contributed by atoms with Crippen LogP contribution in [0.3, 0.4) is 0 Å². The summed E-state index contributed by atoms with van der Waals surface area (Å²) in [5.41, 5.74) is 1.64. The van der Waals surface area contributed by atoms with E-state index >= 15 is 0 Å². The van der Waals surface area contributed by atoms with Crippen molar-refractivity contribution in [1.29, 1.82) is 0 Å². The number of nitrogens with zero attached hydrogens (tertiary/aromatic N) is 3. The minimum absolute atomic E-state index is 0.229. The second kappa shape index (κ2) is 2.45. The summed E-state index contributed by atoms with van der Waals surface area (Å²) < 4.78 is 1.70. The molecule has 3 aromatic rings. The maximum atomic E-state index is 9.59. The third-order valence-electron chi connectivity index (χ3n) is 2.24. The molecule has 0 amide bonds. The first-order chi connectivity index (χ1) is 6.86. The van der Waals surface area contributed by atoms with Crippen molar-refractivity contribution < 1.29 is 5.11 Å². The maximum Gasteiger partial charge on any atom is 0.155 e. The lowest BCUT2D eigenvalue weighted by molar-refractivity contribution is 0.481. The van der Waals surface area contributed by atoms with Gasteiger partial charge in [-0.05, 0) is 12.1 Å². The summed E-state index contributed by atoms with van der Waals surface area (Å²) in [6.45, 7) is 0. The average molecular weight is 185 g/mol. The second-order valence-corrected chi connectivity index (χ2v) is 3.07. The highest BCUT2D eigenvalue weighted by molar-refractivity contribution is 5.85. The summed E-state index contributed by atoms with van der Waals surface area (Å²) in [6, 6.07) is 7.15. The summed E-state index contributed by atoms with van der Waals surface area (Å²) in [7, 11) is 0. The smallest absolute Gasteiger partial charge is 0.155 e. The zero-order chi connectivity index (χ0) is 9.54. The van der Waals surface area contributed by atoms with Crippen LogP contribution in [-0.4, -0.2) is 19.7 Å². The largest absolute Gasteiger partial charge is 0.507 e. The van der Waals surface area contributed by atoms with Gasteiger partial charge in [0.05, 0.1) is 17.1 Å². The number of benzene rings is 1. The molecule has 2 heterocycles. The van der Waals surface area contributed by atoms with Crippen LogP contribution in [0.15, 0.2) is 36.7 Å². The molecule has 0 unspecified atom stereocenters. The van der Waals surface area contributed by atoms with Crippen molar-refractivity contribution in [1.82, 2.24) is 14.6 Å². The average Bonchev–Trinajstić information content (AvgIpc) is 2.66. The lowest BCUT2D eigenvalue weighted by Gasteiger charge is -2.01. The van der Waals surface area contributed by atoms with Gasteiger partial charge in [-0.1, -0.05) is 6.07 Å². The minimum atomic E-state index is 0.229. The van der Waals surface area contributed by atoms with E-state index in [9.17, 15) is 5.11 Å².